The van der Waals surface area contributed by atoms with Crippen molar-refractivity contribution in [3.63, 3.8) is 0 Å². The average Bonchev–Trinajstić information content (AvgIpc) is 2.14. The molecule has 1 aromatic rings. The number of benzene rings is 1. The summed E-state index contributed by atoms with van der Waals surface area (Å²) in [4.78, 5) is 2.64. The van der Waals surface area contributed by atoms with E-state index >= 15 is 0 Å². The van der Waals surface area contributed by atoms with Crippen LogP contribution in [-0.2, 0) is 0 Å². The molecule has 0 aliphatic carbocycles. The lowest BCUT2D eigenvalue weighted by molar-refractivity contribution is 1.22. The quantitative estimate of drug-likeness (QED) is 0.370. The van der Waals surface area contributed by atoms with Gasteiger partial charge in [-0.2, -0.15) is 0 Å². The molecule has 3 heteroatoms. The molecule has 0 aromatic heterocycles. The van der Waals surface area contributed by atoms with Gasteiger partial charge in [-0.15, -0.1) is 0 Å². The first-order valence-electron chi connectivity index (χ1n) is 3.66. The molecule has 0 heterocycles. The molecule has 0 atom stereocenters. The lowest BCUT2D eigenvalue weighted by Crippen LogP contribution is -1.70. The summed E-state index contributed by atoms with van der Waals surface area (Å²) in [6, 6.07) is 9.88. The van der Waals surface area contributed by atoms with Crippen molar-refractivity contribution in [1.82, 2.24) is 0 Å². The number of azide groups is 1. The van der Waals surface area contributed by atoms with Crippen LogP contribution >= 0.6 is 0 Å². The molecule has 0 amide bonds. The van der Waals surface area contributed by atoms with Gasteiger partial charge >= 0.3 is 0 Å². The van der Waals surface area contributed by atoms with Crippen molar-refractivity contribution in [2.45, 2.75) is 0 Å². The van der Waals surface area contributed by atoms with Gasteiger partial charge in [0.1, 0.15) is 0 Å². The van der Waals surface area contributed by atoms with Gasteiger partial charge in [-0.1, -0.05) is 47.6 Å². The highest BCUT2D eigenvalue weighted by Gasteiger charge is 1.80. The molecule has 0 radical (unpaired) electrons. The number of hydrogen-bond donors (Lipinski definition) is 0. The maximum atomic E-state index is 7.99. The van der Waals surface area contributed by atoms with Crippen molar-refractivity contribution < 1.29 is 0 Å². The zero-order chi connectivity index (χ0) is 8.65. The maximum Gasteiger partial charge on any atom is 0.0443 e. The molecule has 1 aromatic carbocycles. The second kappa shape index (κ2) is 4.99. The highest BCUT2D eigenvalue weighted by Crippen LogP contribution is 2.00. The molecular formula is C9H9N3. The van der Waals surface area contributed by atoms with E-state index in [2.05, 4.69) is 10.0 Å². The van der Waals surface area contributed by atoms with E-state index in [9.17, 15) is 0 Å². The molecule has 0 bridgehead atoms. The molecule has 0 spiro atoms. The third-order valence-corrected chi connectivity index (χ3v) is 1.36. The summed E-state index contributed by atoms with van der Waals surface area (Å²) in [6.07, 6.45) is 3.75. The van der Waals surface area contributed by atoms with Crippen molar-refractivity contribution in [3.05, 3.63) is 52.4 Å². The van der Waals surface area contributed by atoms with Gasteiger partial charge in [0.05, 0.1) is 0 Å². The molecular weight excluding hydrogens is 150 g/mol. The van der Waals surface area contributed by atoms with Crippen LogP contribution in [0.2, 0.25) is 0 Å². The van der Waals surface area contributed by atoms with Crippen LogP contribution < -0.4 is 0 Å². The molecule has 1 rings (SSSR count). The van der Waals surface area contributed by atoms with Gasteiger partial charge in [-0.25, -0.2) is 0 Å². The Labute approximate surface area is 71.0 Å². The van der Waals surface area contributed by atoms with Crippen LogP contribution in [0, 0.1) is 0 Å². The summed E-state index contributed by atoms with van der Waals surface area (Å²) in [7, 11) is 0. The lowest BCUT2D eigenvalue weighted by atomic mass is 10.2. The Bertz CT molecular complexity index is 297. The van der Waals surface area contributed by atoms with Crippen LogP contribution in [-0.4, -0.2) is 6.54 Å². The lowest BCUT2D eigenvalue weighted by Gasteiger charge is -1.88. The highest BCUT2D eigenvalue weighted by molar-refractivity contribution is 5.48. The summed E-state index contributed by atoms with van der Waals surface area (Å²) in [5.41, 5.74) is 9.10. The predicted molar refractivity (Wildman–Crippen MR) is 49.5 cm³/mol. The van der Waals surface area contributed by atoms with E-state index in [4.69, 9.17) is 5.53 Å². The fraction of sp³-hybridized carbons (Fsp3) is 0.111. The largest absolute Gasteiger partial charge is 0.0899 e. The monoisotopic (exact) mass is 159 g/mol. The Morgan fingerprint density at radius 2 is 2.08 bits per heavy atom. The third-order valence-electron chi connectivity index (χ3n) is 1.36. The molecule has 0 saturated carbocycles. The van der Waals surface area contributed by atoms with Gasteiger partial charge in [0, 0.05) is 11.5 Å². The van der Waals surface area contributed by atoms with Crippen molar-refractivity contribution in [3.8, 4) is 0 Å². The van der Waals surface area contributed by atoms with Gasteiger partial charge in [0.15, 0.2) is 0 Å². The fourth-order valence-corrected chi connectivity index (χ4v) is 0.837. The zero-order valence-corrected chi connectivity index (χ0v) is 6.59. The van der Waals surface area contributed by atoms with Crippen LogP contribution in [0.3, 0.4) is 0 Å². The smallest absolute Gasteiger partial charge is 0.0443 e. The van der Waals surface area contributed by atoms with E-state index in [0.717, 1.165) is 5.56 Å². The highest BCUT2D eigenvalue weighted by atomic mass is 15.1. The topological polar surface area (TPSA) is 48.8 Å². The Morgan fingerprint density at radius 3 is 2.75 bits per heavy atom. The summed E-state index contributed by atoms with van der Waals surface area (Å²) >= 11 is 0. The fourth-order valence-electron chi connectivity index (χ4n) is 0.837. The minimum Gasteiger partial charge on any atom is -0.0899 e. The molecule has 0 saturated heterocycles. The molecule has 0 unspecified atom stereocenters. The number of hydrogen-bond acceptors (Lipinski definition) is 1. The zero-order valence-electron chi connectivity index (χ0n) is 6.59. The van der Waals surface area contributed by atoms with E-state index in [1.54, 1.807) is 0 Å². The minimum absolute atomic E-state index is 0.408. The minimum atomic E-state index is 0.408. The predicted octanol–water partition coefficient (Wildman–Crippen LogP) is 3.01. The van der Waals surface area contributed by atoms with Gasteiger partial charge in [0.25, 0.3) is 0 Å². The molecule has 0 aliphatic heterocycles. The second-order valence-electron chi connectivity index (χ2n) is 2.23. The molecule has 0 fully saturated rings. The van der Waals surface area contributed by atoms with E-state index in [-0.39, 0.29) is 0 Å². The maximum absolute atomic E-state index is 7.99. The number of nitrogens with zero attached hydrogens (tertiary/aromatic N) is 3. The molecule has 0 aliphatic rings. The van der Waals surface area contributed by atoms with Crippen molar-refractivity contribution >= 4 is 6.08 Å². The van der Waals surface area contributed by atoms with Crippen LogP contribution in [0.4, 0.5) is 0 Å². The molecule has 3 nitrogen and oxygen atoms in total. The van der Waals surface area contributed by atoms with Crippen molar-refractivity contribution in [2.75, 3.05) is 6.54 Å². The Kier molecular flexibility index (Phi) is 3.48. The van der Waals surface area contributed by atoms with Crippen LogP contribution in [0.25, 0.3) is 16.5 Å². The van der Waals surface area contributed by atoms with Crippen molar-refractivity contribution in [1.29, 1.82) is 0 Å². The first-order valence-corrected chi connectivity index (χ1v) is 3.66. The first-order chi connectivity index (χ1) is 5.93. The summed E-state index contributed by atoms with van der Waals surface area (Å²) in [6.45, 7) is 0.408. The van der Waals surface area contributed by atoms with Crippen LogP contribution in [0.5, 0.6) is 0 Å². The standard InChI is InChI=1S/C9H9N3/c10-12-11-8-4-7-9-5-2-1-3-6-9/h1-7H,8H2. The molecule has 0 N–H and O–H groups in total. The van der Waals surface area contributed by atoms with Gasteiger partial charge in [0.2, 0.25) is 0 Å². The van der Waals surface area contributed by atoms with Crippen molar-refractivity contribution in [2.24, 2.45) is 5.11 Å². The Hall–Kier alpha value is -1.73. The SMILES string of the molecule is [N-]=[N+]=NCC=Cc1ccccc1. The second-order valence-corrected chi connectivity index (χ2v) is 2.23. The molecule has 12 heavy (non-hydrogen) atoms. The Morgan fingerprint density at radius 1 is 1.33 bits per heavy atom. The molecule has 60 valence electrons. The third kappa shape index (κ3) is 2.90. The summed E-state index contributed by atoms with van der Waals surface area (Å²) in [5, 5.41) is 3.38. The van der Waals surface area contributed by atoms with Gasteiger partial charge in [-0.05, 0) is 11.1 Å². The normalized spacial score (nSPS) is 9.67. The summed E-state index contributed by atoms with van der Waals surface area (Å²) in [5.74, 6) is 0. The van der Waals surface area contributed by atoms with Crippen LogP contribution in [0.15, 0.2) is 41.5 Å². The number of rotatable bonds is 3. The van der Waals surface area contributed by atoms with Gasteiger partial charge in [-0.3, -0.25) is 0 Å². The van der Waals surface area contributed by atoms with E-state index in [1.807, 2.05) is 42.5 Å². The van der Waals surface area contributed by atoms with Crippen LogP contribution in [0.1, 0.15) is 5.56 Å². The average molecular weight is 159 g/mol. The first kappa shape index (κ1) is 8.37. The van der Waals surface area contributed by atoms with E-state index < -0.39 is 0 Å². The van der Waals surface area contributed by atoms with E-state index in [0.29, 0.717) is 6.54 Å². The summed E-state index contributed by atoms with van der Waals surface area (Å²) < 4.78 is 0. The Balaban J connectivity index is 2.52. The van der Waals surface area contributed by atoms with E-state index in [1.165, 1.54) is 0 Å². The van der Waals surface area contributed by atoms with Gasteiger partial charge < -0.3 is 0 Å².